The van der Waals surface area contributed by atoms with Crippen LogP contribution in [-0.2, 0) is 11.2 Å². The van der Waals surface area contributed by atoms with E-state index >= 15 is 0 Å². The standard InChI is InChI=1S/C24H22N6O4S/c1-11(14-10-27-20-19(14)22(32)30-24(25)29-20)17-6-7-18(35-17)21(31)28-16(23(33)34)8-12-9-26-15-5-3-2-4-13(12)15/h2-7,9-11,16,26H,8H2,1H3,(H,28,31)(H,33,34)(H4,25,27,29,30,32)/t11?,16-/m0/s1. The zero-order valence-corrected chi connectivity index (χ0v) is 19.4. The topological polar surface area (TPSA) is 170 Å². The van der Waals surface area contributed by atoms with Crippen LogP contribution >= 0.6 is 11.3 Å². The molecule has 0 saturated heterocycles. The number of anilines is 1. The second-order valence-electron chi connectivity index (χ2n) is 8.27. The number of amides is 1. The number of H-pyrrole nitrogens is 3. The minimum absolute atomic E-state index is 0.0271. The number of thiophene rings is 1. The molecule has 1 amide bonds. The summed E-state index contributed by atoms with van der Waals surface area (Å²) >= 11 is 1.25. The third kappa shape index (κ3) is 4.17. The number of nitrogens with zero attached hydrogens (tertiary/aromatic N) is 1. The highest BCUT2D eigenvalue weighted by Crippen LogP contribution is 2.33. The van der Waals surface area contributed by atoms with E-state index in [9.17, 15) is 19.5 Å². The number of carboxylic acids is 1. The van der Waals surface area contributed by atoms with Gasteiger partial charge in [-0.15, -0.1) is 11.3 Å². The summed E-state index contributed by atoms with van der Waals surface area (Å²) in [6, 6.07) is 9.97. The van der Waals surface area contributed by atoms with Crippen molar-refractivity contribution in [3.63, 3.8) is 0 Å². The Labute approximate surface area is 202 Å². The van der Waals surface area contributed by atoms with Gasteiger partial charge in [-0.1, -0.05) is 25.1 Å². The number of hydrogen-bond donors (Lipinski definition) is 6. The van der Waals surface area contributed by atoms with Crippen molar-refractivity contribution in [3.05, 3.63) is 80.0 Å². The van der Waals surface area contributed by atoms with Crippen LogP contribution in [0.5, 0.6) is 0 Å². The lowest BCUT2D eigenvalue weighted by molar-refractivity contribution is -0.139. The number of rotatable bonds is 7. The first-order valence-electron chi connectivity index (χ1n) is 10.9. The maximum absolute atomic E-state index is 12.9. The van der Waals surface area contributed by atoms with Crippen LogP contribution in [-0.4, -0.2) is 43.0 Å². The Morgan fingerprint density at radius 3 is 2.77 bits per heavy atom. The van der Waals surface area contributed by atoms with Gasteiger partial charge in [-0.25, -0.2) is 4.79 Å². The van der Waals surface area contributed by atoms with Crippen LogP contribution in [0.2, 0.25) is 0 Å². The average molecular weight is 491 g/mol. The predicted octanol–water partition coefficient (Wildman–Crippen LogP) is 2.95. The molecule has 0 aliphatic rings. The van der Waals surface area contributed by atoms with Crippen LogP contribution in [0.4, 0.5) is 5.95 Å². The molecule has 11 heteroatoms. The highest BCUT2D eigenvalue weighted by Gasteiger charge is 2.25. The summed E-state index contributed by atoms with van der Waals surface area (Å²) in [6.45, 7) is 1.92. The van der Waals surface area contributed by atoms with Gasteiger partial charge < -0.3 is 26.1 Å². The second kappa shape index (κ2) is 8.76. The molecule has 4 heterocycles. The first-order valence-corrected chi connectivity index (χ1v) is 11.7. The Balaban J connectivity index is 1.35. The molecule has 0 aliphatic heterocycles. The summed E-state index contributed by atoms with van der Waals surface area (Å²) in [7, 11) is 0. The van der Waals surface area contributed by atoms with Crippen LogP contribution < -0.4 is 16.6 Å². The Morgan fingerprint density at radius 1 is 1.17 bits per heavy atom. The minimum atomic E-state index is -1.11. The summed E-state index contributed by atoms with van der Waals surface area (Å²) < 4.78 is 0. The number of aromatic nitrogens is 4. The van der Waals surface area contributed by atoms with Crippen molar-refractivity contribution < 1.29 is 14.7 Å². The summed E-state index contributed by atoms with van der Waals surface area (Å²) in [6.07, 6.45) is 3.62. The van der Waals surface area contributed by atoms with Crippen molar-refractivity contribution in [2.45, 2.75) is 25.3 Å². The minimum Gasteiger partial charge on any atom is -0.480 e. The number of aliphatic carboxylic acids is 1. The lowest BCUT2D eigenvalue weighted by Gasteiger charge is -2.13. The van der Waals surface area contributed by atoms with Gasteiger partial charge in [-0.05, 0) is 29.3 Å². The summed E-state index contributed by atoms with van der Waals surface area (Å²) in [5, 5.41) is 13.7. The van der Waals surface area contributed by atoms with Crippen LogP contribution in [0.15, 0.2) is 53.6 Å². The van der Waals surface area contributed by atoms with Crippen molar-refractivity contribution in [1.82, 2.24) is 25.3 Å². The van der Waals surface area contributed by atoms with Gasteiger partial charge in [0, 0.05) is 40.5 Å². The molecule has 0 radical (unpaired) electrons. The van der Waals surface area contributed by atoms with E-state index in [4.69, 9.17) is 5.73 Å². The second-order valence-corrected chi connectivity index (χ2v) is 9.39. The van der Waals surface area contributed by atoms with Gasteiger partial charge in [0.2, 0.25) is 5.95 Å². The van der Waals surface area contributed by atoms with Crippen LogP contribution in [0.3, 0.4) is 0 Å². The lowest BCUT2D eigenvalue weighted by Crippen LogP contribution is -2.42. The van der Waals surface area contributed by atoms with Crippen molar-refractivity contribution in [2.24, 2.45) is 0 Å². The average Bonchev–Trinajstić information content (AvgIpc) is 3.56. The van der Waals surface area contributed by atoms with E-state index in [0.717, 1.165) is 26.9 Å². The number of carbonyl (C=O) groups excluding carboxylic acids is 1. The Bertz CT molecular complexity index is 1630. The van der Waals surface area contributed by atoms with Gasteiger partial charge in [0.1, 0.15) is 11.7 Å². The summed E-state index contributed by atoms with van der Waals surface area (Å²) in [5.74, 6) is -1.76. The van der Waals surface area contributed by atoms with E-state index in [1.165, 1.54) is 11.3 Å². The van der Waals surface area contributed by atoms with Gasteiger partial charge in [0.05, 0.1) is 10.3 Å². The highest BCUT2D eigenvalue weighted by atomic mass is 32.1. The van der Waals surface area contributed by atoms with Crippen LogP contribution in [0.25, 0.3) is 21.9 Å². The molecule has 2 atom stereocenters. The van der Waals surface area contributed by atoms with Gasteiger partial charge >= 0.3 is 5.97 Å². The van der Waals surface area contributed by atoms with E-state index < -0.39 is 17.9 Å². The maximum Gasteiger partial charge on any atom is 0.326 e. The fraction of sp³-hybridized carbons (Fsp3) is 0.167. The van der Waals surface area contributed by atoms with Crippen molar-refractivity contribution in [3.8, 4) is 0 Å². The summed E-state index contributed by atoms with van der Waals surface area (Å²) in [4.78, 5) is 51.2. The monoisotopic (exact) mass is 490 g/mol. The maximum atomic E-state index is 12.9. The number of carboxylic acid groups (broad SMARTS) is 1. The molecule has 4 aromatic heterocycles. The zero-order chi connectivity index (χ0) is 24.7. The molecule has 10 nitrogen and oxygen atoms in total. The predicted molar refractivity (Wildman–Crippen MR) is 134 cm³/mol. The van der Waals surface area contributed by atoms with Gasteiger partial charge in [-0.2, -0.15) is 4.98 Å². The zero-order valence-electron chi connectivity index (χ0n) is 18.6. The molecule has 1 unspecified atom stereocenters. The molecular weight excluding hydrogens is 468 g/mol. The number of hydrogen-bond acceptors (Lipinski definition) is 6. The molecule has 0 saturated carbocycles. The van der Waals surface area contributed by atoms with E-state index in [1.54, 1.807) is 24.5 Å². The van der Waals surface area contributed by atoms with Crippen molar-refractivity contribution in [2.75, 3.05) is 5.73 Å². The van der Waals surface area contributed by atoms with Crippen LogP contribution in [0.1, 0.15) is 38.5 Å². The number of aromatic amines is 3. The lowest BCUT2D eigenvalue weighted by atomic mass is 10.0. The molecule has 0 spiro atoms. The molecule has 0 aliphatic carbocycles. The fourth-order valence-corrected chi connectivity index (χ4v) is 5.21. The summed E-state index contributed by atoms with van der Waals surface area (Å²) in [5.41, 5.74) is 8.11. The third-order valence-corrected chi connectivity index (χ3v) is 7.30. The normalized spacial score (nSPS) is 13.2. The van der Waals surface area contributed by atoms with Crippen molar-refractivity contribution >= 4 is 51.1 Å². The molecular formula is C24H22N6O4S. The number of para-hydroxylation sites is 1. The smallest absolute Gasteiger partial charge is 0.326 e. The van der Waals surface area contributed by atoms with E-state index in [-0.39, 0.29) is 23.8 Å². The number of benzene rings is 1. The SMILES string of the molecule is CC(c1ccc(C(=O)N[C@@H](Cc2c[nH]c3ccccc23)C(=O)O)s1)c1c[nH]c2nc(N)[nH]c(=O)c12. The first kappa shape index (κ1) is 22.4. The van der Waals surface area contributed by atoms with E-state index in [1.807, 2.05) is 31.2 Å². The Kier molecular flexibility index (Phi) is 5.61. The largest absolute Gasteiger partial charge is 0.480 e. The Hall–Kier alpha value is -4.38. The quantitative estimate of drug-likeness (QED) is 0.205. The third-order valence-electron chi connectivity index (χ3n) is 6.04. The highest BCUT2D eigenvalue weighted by molar-refractivity contribution is 7.14. The van der Waals surface area contributed by atoms with Crippen LogP contribution in [0, 0.1) is 0 Å². The fourth-order valence-electron chi connectivity index (χ4n) is 4.23. The van der Waals surface area contributed by atoms with Gasteiger partial charge in [-0.3, -0.25) is 14.6 Å². The Morgan fingerprint density at radius 2 is 1.97 bits per heavy atom. The number of nitrogen functional groups attached to an aromatic ring is 1. The molecule has 1 aromatic carbocycles. The molecule has 35 heavy (non-hydrogen) atoms. The van der Waals surface area contributed by atoms with E-state index in [0.29, 0.717) is 15.9 Å². The van der Waals surface area contributed by atoms with Gasteiger partial charge in [0.25, 0.3) is 11.5 Å². The number of nitrogens with two attached hydrogens (primary N) is 1. The number of carbonyl (C=O) groups is 2. The molecule has 0 fully saturated rings. The van der Waals surface area contributed by atoms with Gasteiger partial charge in [0.15, 0.2) is 0 Å². The number of nitrogens with one attached hydrogen (secondary N) is 4. The molecule has 5 aromatic rings. The number of fused-ring (bicyclic) bond motifs is 2. The molecule has 0 bridgehead atoms. The van der Waals surface area contributed by atoms with E-state index in [2.05, 4.69) is 25.3 Å². The molecule has 7 N–H and O–H groups in total. The first-order chi connectivity index (χ1) is 16.8. The van der Waals surface area contributed by atoms with Crippen molar-refractivity contribution in [1.29, 1.82) is 0 Å². The molecule has 5 rings (SSSR count). The molecule has 178 valence electrons.